The molecule has 5 N–H and O–H groups in total. The van der Waals surface area contributed by atoms with Crippen LogP contribution in [0.25, 0.3) is 0 Å². The number of carboxylic acids is 1. The van der Waals surface area contributed by atoms with E-state index >= 15 is 0 Å². The van der Waals surface area contributed by atoms with E-state index in [9.17, 15) is 4.79 Å². The van der Waals surface area contributed by atoms with Gasteiger partial charge in [-0.3, -0.25) is 4.79 Å². The van der Waals surface area contributed by atoms with E-state index in [2.05, 4.69) is 0 Å². The third-order valence-electron chi connectivity index (χ3n) is 1.15. The molecule has 0 spiro atoms. The summed E-state index contributed by atoms with van der Waals surface area (Å²) in [5.74, 6) is -1.06. The van der Waals surface area contributed by atoms with Crippen LogP contribution in [0.5, 0.6) is 0 Å². The van der Waals surface area contributed by atoms with Crippen LogP contribution in [-0.2, 0) is 4.79 Å². The smallest absolute Gasteiger partial charge is 0.320 e. The van der Waals surface area contributed by atoms with E-state index in [1.54, 1.807) is 0 Å². The molecule has 0 saturated heterocycles. The van der Waals surface area contributed by atoms with Crippen LogP contribution in [0.2, 0.25) is 0 Å². The van der Waals surface area contributed by atoms with Gasteiger partial charge in [0, 0.05) is 2.74 Å². The van der Waals surface area contributed by atoms with E-state index in [4.69, 9.17) is 19.3 Å². The van der Waals surface area contributed by atoms with Crippen molar-refractivity contribution in [2.24, 2.45) is 11.5 Å². The Morgan fingerprint density at radius 3 is 2.70 bits per heavy atom. The fourth-order valence-electron chi connectivity index (χ4n) is 0.548. The summed E-state index contributed by atoms with van der Waals surface area (Å²) in [6.45, 7) is -1.72. The SMILES string of the molecule is [2H]C([2H])([15NH2])C[13CH2]C[C@H](N)C(=O)O. The third-order valence-corrected chi connectivity index (χ3v) is 1.15. The molecule has 4 heteroatoms. The quantitative estimate of drug-likeness (QED) is 0.365. The van der Waals surface area contributed by atoms with Gasteiger partial charge in [-0.25, -0.2) is 0 Å². The molecule has 0 unspecified atom stereocenters. The lowest BCUT2D eigenvalue weighted by atomic mass is 10.3. The van der Waals surface area contributed by atoms with Crippen molar-refractivity contribution >= 4 is 5.97 Å². The Kier molecular flexibility index (Phi) is 3.18. The van der Waals surface area contributed by atoms with Crippen molar-refractivity contribution in [3.63, 3.8) is 0 Å². The highest BCUT2D eigenvalue weighted by Gasteiger charge is 2.09. The summed E-state index contributed by atoms with van der Waals surface area (Å²) >= 11 is 0. The van der Waals surface area contributed by atoms with Gasteiger partial charge in [-0.15, -0.1) is 0 Å². The van der Waals surface area contributed by atoms with Gasteiger partial charge < -0.3 is 16.6 Å². The highest BCUT2D eigenvalue weighted by atomic mass is 16.4. The largest absolute Gasteiger partial charge is 0.480 e. The predicted octanol–water partition coefficient (Wildman–Crippen LogP) is -0.473. The summed E-state index contributed by atoms with van der Waals surface area (Å²) in [5.41, 5.74) is 10.2. The molecule has 0 fully saturated rings. The van der Waals surface area contributed by atoms with Crippen molar-refractivity contribution in [3.8, 4) is 0 Å². The Balaban J connectivity index is 3.51. The van der Waals surface area contributed by atoms with Crippen molar-refractivity contribution in [2.75, 3.05) is 6.50 Å². The first-order valence-electron chi connectivity index (χ1n) is 4.10. The fraction of sp³-hybridized carbons (Fsp3) is 0.833. The Bertz CT molecular complexity index is 158. The Morgan fingerprint density at radius 1 is 1.70 bits per heavy atom. The van der Waals surface area contributed by atoms with Gasteiger partial charge >= 0.3 is 5.97 Å². The molecule has 0 aliphatic rings. The maximum absolute atomic E-state index is 10.2. The predicted molar refractivity (Wildman–Crippen MR) is 38.5 cm³/mol. The average Bonchev–Trinajstić information content (AvgIpc) is 1.84. The van der Waals surface area contributed by atoms with Gasteiger partial charge in [-0.1, -0.05) is 6.42 Å². The number of hydrogen-bond donors (Lipinski definition) is 3. The minimum Gasteiger partial charge on any atom is -0.480 e. The molecule has 0 aliphatic heterocycles. The molecule has 0 aromatic heterocycles. The maximum Gasteiger partial charge on any atom is 0.320 e. The molecule has 0 aliphatic carbocycles. The minimum absolute atomic E-state index is 0.133. The molecule has 0 radical (unpaired) electrons. The summed E-state index contributed by atoms with van der Waals surface area (Å²) in [6, 6.07) is -0.910. The third kappa shape index (κ3) is 4.29. The first kappa shape index (κ1) is 6.12. The zero-order valence-electron chi connectivity index (χ0n) is 7.71. The van der Waals surface area contributed by atoms with Crippen LogP contribution in [0.3, 0.4) is 0 Å². The van der Waals surface area contributed by atoms with E-state index in [0.717, 1.165) is 0 Å². The minimum atomic E-state index is -1.72. The zero-order chi connectivity index (χ0) is 9.78. The van der Waals surface area contributed by atoms with Crippen LogP contribution >= 0.6 is 0 Å². The van der Waals surface area contributed by atoms with Crippen LogP contribution in [0, 0.1) is 0 Å². The second kappa shape index (κ2) is 5.20. The van der Waals surface area contributed by atoms with Crippen LogP contribution < -0.4 is 11.5 Å². The van der Waals surface area contributed by atoms with Crippen molar-refractivity contribution in [1.82, 2.24) is 0 Å². The lowest BCUT2D eigenvalue weighted by Gasteiger charge is -2.03. The van der Waals surface area contributed by atoms with Crippen LogP contribution in [-0.4, -0.2) is 23.6 Å². The van der Waals surface area contributed by atoms with Gasteiger partial charge in [0.1, 0.15) is 6.04 Å². The van der Waals surface area contributed by atoms with Crippen molar-refractivity contribution in [1.29, 1.82) is 0 Å². The van der Waals surface area contributed by atoms with E-state index in [-0.39, 0.29) is 12.8 Å². The molecule has 0 rings (SSSR count). The highest BCUT2D eigenvalue weighted by molar-refractivity contribution is 5.72. The molecule has 10 heavy (non-hydrogen) atoms. The van der Waals surface area contributed by atoms with Gasteiger partial charge in [-0.05, 0) is 19.3 Å². The summed E-state index contributed by atoms with van der Waals surface area (Å²) in [7, 11) is 0. The van der Waals surface area contributed by atoms with Crippen LogP contribution in [0.4, 0.5) is 0 Å². The second-order valence-electron chi connectivity index (χ2n) is 2.04. The maximum atomic E-state index is 10.2. The Morgan fingerprint density at radius 2 is 2.30 bits per heavy atom. The molecule has 1 atom stereocenters. The molecule has 0 aromatic carbocycles. The van der Waals surface area contributed by atoms with Gasteiger partial charge in [0.2, 0.25) is 0 Å². The Labute approximate surface area is 63.0 Å². The first-order valence-corrected chi connectivity index (χ1v) is 3.10. The molecule has 0 amide bonds. The molecular formula is C6H14N2O2. The standard InChI is InChI=1S/C6H14N2O2/c7-4-2-1-3-5(8)6(9)10/h5H,1-4,7-8H2,(H,9,10)/t5-/m0/s1/i1+1,4D2,7+1. The number of hydrogen-bond acceptors (Lipinski definition) is 3. The molecule has 0 heterocycles. The second-order valence-corrected chi connectivity index (χ2v) is 2.04. The van der Waals surface area contributed by atoms with Crippen molar-refractivity contribution in [2.45, 2.75) is 25.3 Å². The molecule has 4 nitrogen and oxygen atoms in total. The first-order chi connectivity index (χ1) is 5.33. The fourth-order valence-corrected chi connectivity index (χ4v) is 0.548. The number of rotatable bonds is 5. The topological polar surface area (TPSA) is 89.3 Å². The van der Waals surface area contributed by atoms with Gasteiger partial charge in [0.15, 0.2) is 0 Å². The molecular weight excluding hydrogens is 134 g/mol. The van der Waals surface area contributed by atoms with E-state index in [1.807, 2.05) is 0 Å². The number of carbonyl (C=O) groups is 1. The summed E-state index contributed by atoms with van der Waals surface area (Å²) in [4.78, 5) is 10.2. The Hall–Kier alpha value is -0.610. The van der Waals surface area contributed by atoms with Crippen LogP contribution in [0.1, 0.15) is 22.0 Å². The average molecular weight is 150 g/mol. The van der Waals surface area contributed by atoms with Crippen molar-refractivity contribution < 1.29 is 12.6 Å². The lowest BCUT2D eigenvalue weighted by Crippen LogP contribution is -2.29. The van der Waals surface area contributed by atoms with Gasteiger partial charge in [0.05, 0.1) is 0 Å². The monoisotopic (exact) mass is 150 g/mol. The van der Waals surface area contributed by atoms with Gasteiger partial charge in [-0.2, -0.15) is 0 Å². The summed E-state index contributed by atoms with van der Waals surface area (Å²) in [5, 5.41) is 8.36. The number of aliphatic carboxylic acids is 1. The summed E-state index contributed by atoms with van der Waals surface area (Å²) in [6.07, 6.45) is 0.775. The molecule has 60 valence electrons. The highest BCUT2D eigenvalue weighted by Crippen LogP contribution is 1.96. The zero-order valence-corrected chi connectivity index (χ0v) is 5.71. The van der Waals surface area contributed by atoms with E-state index < -0.39 is 18.5 Å². The van der Waals surface area contributed by atoms with E-state index in [0.29, 0.717) is 6.42 Å². The molecule has 0 aromatic rings. The molecule has 0 bridgehead atoms. The number of nitrogens with two attached hydrogens (primary N) is 2. The molecule has 0 saturated carbocycles. The van der Waals surface area contributed by atoms with Crippen LogP contribution in [0.15, 0.2) is 0 Å². The number of carboxylic acid groups (broad SMARTS) is 1. The van der Waals surface area contributed by atoms with Gasteiger partial charge in [0.25, 0.3) is 0 Å². The van der Waals surface area contributed by atoms with E-state index in [1.165, 1.54) is 0 Å². The summed E-state index contributed by atoms with van der Waals surface area (Å²) < 4.78 is 13.9. The normalized spacial score (nSPS) is 17.4. The van der Waals surface area contributed by atoms with Crippen molar-refractivity contribution in [3.05, 3.63) is 0 Å². The lowest BCUT2D eigenvalue weighted by molar-refractivity contribution is -0.138.